The van der Waals surface area contributed by atoms with E-state index in [0.29, 0.717) is 13.1 Å². The standard InChI is InChI=1S/C15H31NO4/c1-3-5-6-7-11(10-17)8-16-9-13(18)15(20)14(19)12(16)4-2/h11-15,17-20H,3-10H2,1-2H3/t11?,12-,13-,14+,15+/m0/s1. The van der Waals surface area contributed by atoms with E-state index in [1.54, 1.807) is 0 Å². The van der Waals surface area contributed by atoms with Crippen molar-refractivity contribution in [2.24, 2.45) is 5.92 Å². The number of likely N-dealkylation sites (tertiary alicyclic amines) is 1. The lowest BCUT2D eigenvalue weighted by molar-refractivity contribution is -0.140. The Labute approximate surface area is 122 Å². The predicted molar refractivity (Wildman–Crippen MR) is 78.4 cm³/mol. The second kappa shape index (κ2) is 8.95. The fourth-order valence-electron chi connectivity index (χ4n) is 3.12. The molecule has 1 aliphatic rings. The molecule has 0 spiro atoms. The minimum Gasteiger partial charge on any atom is -0.396 e. The zero-order valence-corrected chi connectivity index (χ0v) is 12.8. The third-order valence-corrected chi connectivity index (χ3v) is 4.41. The molecule has 1 saturated heterocycles. The number of unbranched alkanes of at least 4 members (excludes halogenated alkanes) is 2. The van der Waals surface area contributed by atoms with Crippen LogP contribution in [0.5, 0.6) is 0 Å². The molecular weight excluding hydrogens is 258 g/mol. The molecule has 5 nitrogen and oxygen atoms in total. The van der Waals surface area contributed by atoms with Crippen LogP contribution in [0.1, 0.15) is 46.0 Å². The highest BCUT2D eigenvalue weighted by molar-refractivity contribution is 4.94. The summed E-state index contributed by atoms with van der Waals surface area (Å²) in [5, 5.41) is 39.1. The number of hydrogen-bond donors (Lipinski definition) is 4. The van der Waals surface area contributed by atoms with E-state index in [2.05, 4.69) is 6.92 Å². The van der Waals surface area contributed by atoms with Crippen LogP contribution >= 0.6 is 0 Å². The maximum absolute atomic E-state index is 10.1. The molecule has 1 unspecified atom stereocenters. The Hall–Kier alpha value is -0.200. The van der Waals surface area contributed by atoms with Gasteiger partial charge in [-0.1, -0.05) is 33.1 Å². The van der Waals surface area contributed by atoms with E-state index in [0.717, 1.165) is 32.1 Å². The third-order valence-electron chi connectivity index (χ3n) is 4.41. The average molecular weight is 289 g/mol. The SMILES string of the molecule is CCCCCC(CO)CN1C[C@H](O)[C@@H](O)[C@H](O)[C@@H]1CC. The normalized spacial score (nSPS) is 33.3. The number of β-amino-alcohol motifs (C(OH)–C–C–N with tert-alkyl or cyclic N) is 1. The molecule has 1 rings (SSSR count). The fraction of sp³-hybridized carbons (Fsp3) is 1.00. The van der Waals surface area contributed by atoms with Gasteiger partial charge in [0, 0.05) is 25.7 Å². The number of aliphatic hydroxyl groups excluding tert-OH is 4. The Kier molecular flexibility index (Phi) is 7.99. The quantitative estimate of drug-likeness (QED) is 0.485. The highest BCUT2D eigenvalue weighted by Gasteiger charge is 2.40. The van der Waals surface area contributed by atoms with Crippen LogP contribution in [0.2, 0.25) is 0 Å². The number of piperidine rings is 1. The first kappa shape index (κ1) is 17.9. The first-order valence-corrected chi connectivity index (χ1v) is 7.94. The first-order valence-electron chi connectivity index (χ1n) is 7.94. The number of rotatable bonds is 8. The minimum absolute atomic E-state index is 0.130. The van der Waals surface area contributed by atoms with Crippen LogP contribution in [0.3, 0.4) is 0 Å². The van der Waals surface area contributed by atoms with Crippen molar-refractivity contribution in [1.82, 2.24) is 4.90 Å². The highest BCUT2D eigenvalue weighted by Crippen LogP contribution is 2.23. The Balaban J connectivity index is 2.57. The molecule has 0 aromatic rings. The molecule has 0 radical (unpaired) electrons. The van der Waals surface area contributed by atoms with Gasteiger partial charge in [0.2, 0.25) is 0 Å². The second-order valence-corrected chi connectivity index (χ2v) is 6.02. The minimum atomic E-state index is -1.07. The van der Waals surface area contributed by atoms with E-state index in [-0.39, 0.29) is 18.6 Å². The van der Waals surface area contributed by atoms with Crippen molar-refractivity contribution >= 4 is 0 Å². The van der Waals surface area contributed by atoms with Gasteiger partial charge in [0.1, 0.15) is 6.10 Å². The molecule has 4 N–H and O–H groups in total. The molecular formula is C15H31NO4. The Morgan fingerprint density at radius 2 is 1.80 bits per heavy atom. The van der Waals surface area contributed by atoms with Crippen LogP contribution in [-0.2, 0) is 0 Å². The monoisotopic (exact) mass is 289 g/mol. The molecule has 120 valence electrons. The Bertz CT molecular complexity index is 264. The summed E-state index contributed by atoms with van der Waals surface area (Å²) < 4.78 is 0. The zero-order valence-electron chi connectivity index (χ0n) is 12.8. The number of aliphatic hydroxyl groups is 4. The summed E-state index contributed by atoms with van der Waals surface area (Å²) in [7, 11) is 0. The highest BCUT2D eigenvalue weighted by atomic mass is 16.4. The molecule has 0 aromatic heterocycles. The molecule has 1 heterocycles. The van der Waals surface area contributed by atoms with Gasteiger partial charge >= 0.3 is 0 Å². The maximum Gasteiger partial charge on any atom is 0.108 e. The maximum atomic E-state index is 10.1. The lowest BCUT2D eigenvalue weighted by Gasteiger charge is -2.44. The smallest absolute Gasteiger partial charge is 0.108 e. The molecule has 0 aromatic carbocycles. The van der Waals surface area contributed by atoms with Gasteiger partial charge in [0.15, 0.2) is 0 Å². The molecule has 1 fully saturated rings. The summed E-state index contributed by atoms with van der Waals surface area (Å²) in [6.07, 6.45) is 2.20. The van der Waals surface area contributed by atoms with E-state index in [9.17, 15) is 20.4 Å². The van der Waals surface area contributed by atoms with Crippen LogP contribution in [0.4, 0.5) is 0 Å². The van der Waals surface area contributed by atoms with Crippen LogP contribution in [0, 0.1) is 5.92 Å². The molecule has 5 atom stereocenters. The van der Waals surface area contributed by atoms with Crippen LogP contribution in [0.15, 0.2) is 0 Å². The van der Waals surface area contributed by atoms with Gasteiger partial charge in [0.05, 0.1) is 12.2 Å². The lowest BCUT2D eigenvalue weighted by Crippen LogP contribution is -2.61. The van der Waals surface area contributed by atoms with Crippen molar-refractivity contribution in [1.29, 1.82) is 0 Å². The van der Waals surface area contributed by atoms with Gasteiger partial charge in [-0.15, -0.1) is 0 Å². The molecule has 1 aliphatic heterocycles. The first-order chi connectivity index (χ1) is 9.54. The van der Waals surface area contributed by atoms with E-state index in [1.807, 2.05) is 11.8 Å². The largest absolute Gasteiger partial charge is 0.396 e. The third kappa shape index (κ3) is 4.67. The van der Waals surface area contributed by atoms with E-state index in [1.165, 1.54) is 0 Å². The molecule has 0 aliphatic carbocycles. The molecule has 0 bridgehead atoms. The predicted octanol–water partition coefficient (Wildman–Crippen LogP) is 0.352. The van der Waals surface area contributed by atoms with Crippen LogP contribution in [-0.4, -0.2) is 69.4 Å². The van der Waals surface area contributed by atoms with Gasteiger partial charge in [-0.25, -0.2) is 0 Å². The topological polar surface area (TPSA) is 84.2 Å². The summed E-state index contributed by atoms with van der Waals surface area (Å²) in [4.78, 5) is 2.02. The van der Waals surface area contributed by atoms with E-state index in [4.69, 9.17) is 0 Å². The van der Waals surface area contributed by atoms with Crippen LogP contribution < -0.4 is 0 Å². The number of hydrogen-bond acceptors (Lipinski definition) is 5. The summed E-state index contributed by atoms with van der Waals surface area (Å²) >= 11 is 0. The molecule has 0 amide bonds. The van der Waals surface area contributed by atoms with Gasteiger partial charge in [0.25, 0.3) is 0 Å². The zero-order chi connectivity index (χ0) is 15.1. The van der Waals surface area contributed by atoms with Gasteiger partial charge in [-0.3, -0.25) is 4.90 Å². The number of nitrogens with zero attached hydrogens (tertiary/aromatic N) is 1. The van der Waals surface area contributed by atoms with Gasteiger partial charge < -0.3 is 20.4 Å². The molecule has 20 heavy (non-hydrogen) atoms. The summed E-state index contributed by atoms with van der Waals surface area (Å²) in [5.41, 5.74) is 0. The Morgan fingerprint density at radius 1 is 1.10 bits per heavy atom. The fourth-order valence-corrected chi connectivity index (χ4v) is 3.12. The van der Waals surface area contributed by atoms with E-state index < -0.39 is 18.3 Å². The van der Waals surface area contributed by atoms with Gasteiger partial charge in [-0.2, -0.15) is 0 Å². The second-order valence-electron chi connectivity index (χ2n) is 6.02. The van der Waals surface area contributed by atoms with Crippen molar-refractivity contribution in [2.75, 3.05) is 19.7 Å². The van der Waals surface area contributed by atoms with Crippen molar-refractivity contribution < 1.29 is 20.4 Å². The lowest BCUT2D eigenvalue weighted by atomic mass is 9.90. The average Bonchev–Trinajstić information content (AvgIpc) is 2.44. The summed E-state index contributed by atoms with van der Waals surface area (Å²) in [5.74, 6) is 0.172. The molecule has 5 heteroatoms. The van der Waals surface area contributed by atoms with Crippen molar-refractivity contribution in [3.63, 3.8) is 0 Å². The Morgan fingerprint density at radius 3 is 2.35 bits per heavy atom. The summed E-state index contributed by atoms with van der Waals surface area (Å²) in [6.45, 7) is 5.28. The van der Waals surface area contributed by atoms with Crippen molar-refractivity contribution in [2.45, 2.75) is 70.3 Å². The van der Waals surface area contributed by atoms with E-state index >= 15 is 0 Å². The summed E-state index contributed by atoms with van der Waals surface area (Å²) in [6, 6.07) is -0.145. The van der Waals surface area contributed by atoms with Crippen LogP contribution in [0.25, 0.3) is 0 Å². The molecule has 0 saturated carbocycles. The van der Waals surface area contributed by atoms with Crippen molar-refractivity contribution in [3.8, 4) is 0 Å². The van der Waals surface area contributed by atoms with Gasteiger partial charge in [-0.05, 0) is 18.8 Å². The van der Waals surface area contributed by atoms with Crippen molar-refractivity contribution in [3.05, 3.63) is 0 Å².